The van der Waals surface area contributed by atoms with Crippen molar-refractivity contribution in [1.29, 1.82) is 0 Å². The van der Waals surface area contributed by atoms with Gasteiger partial charge in [0.1, 0.15) is 11.6 Å². The number of amides is 1. The highest BCUT2D eigenvalue weighted by atomic mass is 19.1. The van der Waals surface area contributed by atoms with Gasteiger partial charge in [-0.05, 0) is 30.5 Å². The van der Waals surface area contributed by atoms with Crippen LogP contribution in [-0.2, 0) is 18.9 Å². The van der Waals surface area contributed by atoms with Crippen molar-refractivity contribution in [2.45, 2.75) is 31.6 Å². The Morgan fingerprint density at radius 3 is 2.75 bits per heavy atom. The summed E-state index contributed by atoms with van der Waals surface area (Å²) in [5.74, 6) is 1.16. The van der Waals surface area contributed by atoms with E-state index in [-0.39, 0.29) is 17.1 Å². The van der Waals surface area contributed by atoms with Crippen molar-refractivity contribution in [1.82, 2.24) is 19.7 Å². The first-order valence-electron chi connectivity index (χ1n) is 9.40. The van der Waals surface area contributed by atoms with Crippen LogP contribution in [0.5, 0.6) is 0 Å². The Hall–Kier alpha value is -2.96. The van der Waals surface area contributed by atoms with E-state index in [4.69, 9.17) is 4.42 Å². The number of carbonyl (C=O) groups excluding carboxylic acids is 1. The van der Waals surface area contributed by atoms with E-state index in [9.17, 15) is 9.18 Å². The number of hydrogen-bond acceptors (Lipinski definition) is 4. The van der Waals surface area contributed by atoms with E-state index < -0.39 is 0 Å². The maximum Gasteiger partial charge on any atom is 0.257 e. The average molecular weight is 382 g/mol. The van der Waals surface area contributed by atoms with Crippen molar-refractivity contribution in [2.24, 2.45) is 7.05 Å². The molecule has 1 amide bonds. The van der Waals surface area contributed by atoms with Crippen LogP contribution >= 0.6 is 0 Å². The molecule has 6 nitrogen and oxygen atoms in total. The van der Waals surface area contributed by atoms with Gasteiger partial charge in [-0.3, -0.25) is 9.48 Å². The summed E-state index contributed by atoms with van der Waals surface area (Å²) in [7, 11) is 1.80. The van der Waals surface area contributed by atoms with Gasteiger partial charge >= 0.3 is 0 Å². The Labute approximate surface area is 163 Å². The molecule has 2 aromatic heterocycles. The second-order valence-electron chi connectivity index (χ2n) is 7.69. The number of piperidine rings is 1. The van der Waals surface area contributed by atoms with Crippen molar-refractivity contribution < 1.29 is 13.6 Å². The molecule has 0 radical (unpaired) electrons. The lowest BCUT2D eigenvalue weighted by molar-refractivity contribution is 0.0657. The van der Waals surface area contributed by atoms with E-state index >= 15 is 0 Å². The number of benzene rings is 1. The van der Waals surface area contributed by atoms with Crippen LogP contribution in [0.25, 0.3) is 0 Å². The molecule has 7 heteroatoms. The van der Waals surface area contributed by atoms with Gasteiger partial charge < -0.3 is 9.32 Å². The third kappa shape index (κ3) is 3.69. The van der Waals surface area contributed by atoms with Gasteiger partial charge in [0.05, 0.1) is 18.0 Å². The van der Waals surface area contributed by atoms with Gasteiger partial charge in [0, 0.05) is 38.2 Å². The minimum absolute atomic E-state index is 0.00865. The summed E-state index contributed by atoms with van der Waals surface area (Å²) in [6, 6.07) is 6.50. The SMILES string of the molecule is Cn1cc(C(=O)N2CCC(C)(c3ncc(Cc4cccc(F)c4)o3)CC2)cn1. The molecule has 1 aliphatic heterocycles. The number of nitrogens with zero attached hydrogens (tertiary/aromatic N) is 4. The number of hydrogen-bond donors (Lipinski definition) is 0. The zero-order chi connectivity index (χ0) is 19.7. The fourth-order valence-corrected chi connectivity index (χ4v) is 3.65. The second-order valence-corrected chi connectivity index (χ2v) is 7.69. The molecule has 3 aromatic rings. The van der Waals surface area contributed by atoms with Gasteiger partial charge in [-0.25, -0.2) is 9.37 Å². The number of aryl methyl sites for hydroxylation is 1. The molecule has 0 bridgehead atoms. The van der Waals surface area contributed by atoms with Gasteiger partial charge in [0.15, 0.2) is 5.89 Å². The van der Waals surface area contributed by atoms with Gasteiger partial charge in [-0.15, -0.1) is 0 Å². The fourth-order valence-electron chi connectivity index (χ4n) is 3.65. The number of halogens is 1. The molecule has 0 spiro atoms. The van der Waals surface area contributed by atoms with E-state index in [1.807, 2.05) is 11.0 Å². The van der Waals surface area contributed by atoms with Crippen molar-refractivity contribution in [3.63, 3.8) is 0 Å². The van der Waals surface area contributed by atoms with Crippen LogP contribution in [0.15, 0.2) is 47.3 Å². The van der Waals surface area contributed by atoms with E-state index in [2.05, 4.69) is 17.0 Å². The summed E-state index contributed by atoms with van der Waals surface area (Å²) in [5, 5.41) is 4.07. The maximum atomic E-state index is 13.4. The Morgan fingerprint density at radius 2 is 2.07 bits per heavy atom. The average Bonchev–Trinajstić information content (AvgIpc) is 3.31. The molecular weight excluding hydrogens is 359 g/mol. The van der Waals surface area contributed by atoms with Crippen molar-refractivity contribution >= 4 is 5.91 Å². The summed E-state index contributed by atoms with van der Waals surface area (Å²) >= 11 is 0. The lowest BCUT2D eigenvalue weighted by Gasteiger charge is -2.37. The molecule has 0 aliphatic carbocycles. The zero-order valence-corrected chi connectivity index (χ0v) is 16.1. The Balaban J connectivity index is 1.41. The van der Waals surface area contributed by atoms with Gasteiger partial charge in [-0.2, -0.15) is 5.10 Å². The molecule has 1 aromatic carbocycles. The molecule has 1 aliphatic rings. The van der Waals surface area contributed by atoms with E-state index in [1.165, 1.54) is 12.1 Å². The smallest absolute Gasteiger partial charge is 0.257 e. The van der Waals surface area contributed by atoms with Gasteiger partial charge in [0.2, 0.25) is 0 Å². The summed E-state index contributed by atoms with van der Waals surface area (Å²) in [5.41, 5.74) is 1.25. The Morgan fingerprint density at radius 1 is 1.29 bits per heavy atom. The minimum Gasteiger partial charge on any atom is -0.445 e. The van der Waals surface area contributed by atoms with Crippen LogP contribution in [0.2, 0.25) is 0 Å². The number of rotatable bonds is 4. The van der Waals surface area contributed by atoms with E-state index in [1.54, 1.807) is 36.4 Å². The predicted molar refractivity (Wildman–Crippen MR) is 101 cm³/mol. The first-order valence-corrected chi connectivity index (χ1v) is 9.40. The molecule has 0 atom stereocenters. The topological polar surface area (TPSA) is 64.2 Å². The molecule has 1 fully saturated rings. The Bertz CT molecular complexity index is 986. The molecular formula is C21H23FN4O2. The molecule has 1 saturated heterocycles. The second kappa shape index (κ2) is 7.22. The molecule has 0 saturated carbocycles. The third-order valence-electron chi connectivity index (χ3n) is 5.44. The van der Waals surface area contributed by atoms with Crippen LogP contribution in [0.4, 0.5) is 4.39 Å². The summed E-state index contributed by atoms with van der Waals surface area (Å²) < 4.78 is 21.0. The molecule has 3 heterocycles. The van der Waals surface area contributed by atoms with Crippen molar-refractivity contribution in [2.75, 3.05) is 13.1 Å². The molecule has 0 unspecified atom stereocenters. The fraction of sp³-hybridized carbons (Fsp3) is 0.381. The van der Waals surface area contributed by atoms with Crippen LogP contribution in [-0.4, -0.2) is 38.7 Å². The molecule has 0 N–H and O–H groups in total. The zero-order valence-electron chi connectivity index (χ0n) is 16.1. The number of carbonyl (C=O) groups is 1. The largest absolute Gasteiger partial charge is 0.445 e. The predicted octanol–water partition coefficient (Wildman–Crippen LogP) is 3.33. The molecule has 146 valence electrons. The van der Waals surface area contributed by atoms with Crippen LogP contribution < -0.4 is 0 Å². The summed E-state index contributed by atoms with van der Waals surface area (Å²) in [4.78, 5) is 18.9. The monoisotopic (exact) mass is 382 g/mol. The first kappa shape index (κ1) is 18.4. The molecule has 28 heavy (non-hydrogen) atoms. The van der Waals surface area contributed by atoms with Crippen LogP contribution in [0, 0.1) is 5.82 Å². The normalized spacial score (nSPS) is 16.3. The Kier molecular flexibility index (Phi) is 4.75. The third-order valence-corrected chi connectivity index (χ3v) is 5.44. The van der Waals surface area contributed by atoms with Crippen molar-refractivity contribution in [3.05, 3.63) is 71.5 Å². The van der Waals surface area contributed by atoms with Gasteiger partial charge in [-0.1, -0.05) is 19.1 Å². The van der Waals surface area contributed by atoms with E-state index in [0.29, 0.717) is 31.0 Å². The van der Waals surface area contributed by atoms with Crippen LogP contribution in [0.3, 0.4) is 0 Å². The quantitative estimate of drug-likeness (QED) is 0.694. The highest BCUT2D eigenvalue weighted by Crippen LogP contribution is 2.35. The lowest BCUT2D eigenvalue weighted by Crippen LogP contribution is -2.44. The minimum atomic E-state index is -0.255. The molecule has 4 rings (SSSR count). The van der Waals surface area contributed by atoms with Gasteiger partial charge in [0.25, 0.3) is 5.91 Å². The highest BCUT2D eigenvalue weighted by molar-refractivity contribution is 5.93. The lowest BCUT2D eigenvalue weighted by atomic mass is 9.80. The maximum absolute atomic E-state index is 13.4. The standard InChI is InChI=1S/C21H23FN4O2/c1-21(6-8-26(9-7-21)19(27)16-12-24-25(2)14-16)20-23-13-18(28-20)11-15-4-3-5-17(22)10-15/h3-5,10,12-14H,6-9,11H2,1-2H3. The van der Waals surface area contributed by atoms with Crippen molar-refractivity contribution in [3.8, 4) is 0 Å². The first-order chi connectivity index (χ1) is 13.4. The number of aromatic nitrogens is 3. The number of likely N-dealkylation sites (tertiary alicyclic amines) is 1. The summed E-state index contributed by atoms with van der Waals surface area (Å²) in [6.45, 7) is 3.41. The van der Waals surface area contributed by atoms with Crippen LogP contribution in [0.1, 0.15) is 47.3 Å². The highest BCUT2D eigenvalue weighted by Gasteiger charge is 2.37. The number of oxazole rings is 1. The van der Waals surface area contributed by atoms with E-state index in [0.717, 1.165) is 24.2 Å². The summed E-state index contributed by atoms with van der Waals surface area (Å²) in [6.07, 6.45) is 7.12.